The van der Waals surface area contributed by atoms with Crippen molar-refractivity contribution in [2.45, 2.75) is 19.3 Å². The van der Waals surface area contributed by atoms with Crippen LogP contribution in [0, 0.1) is 0 Å². The Hall–Kier alpha value is -6.22. The average molecular weight is 696 g/mol. The first-order valence-electron chi connectivity index (χ1n) is 18.4. The van der Waals surface area contributed by atoms with E-state index < -0.39 is 0 Å². The number of anilines is 3. The lowest BCUT2D eigenvalue weighted by Crippen LogP contribution is -2.16. The van der Waals surface area contributed by atoms with Gasteiger partial charge in [0.25, 0.3) is 0 Å². The van der Waals surface area contributed by atoms with Crippen molar-refractivity contribution in [1.82, 2.24) is 0 Å². The predicted molar refractivity (Wildman–Crippen MR) is 228 cm³/mol. The van der Waals surface area contributed by atoms with Gasteiger partial charge in [0.15, 0.2) is 0 Å². The van der Waals surface area contributed by atoms with Gasteiger partial charge in [-0.25, -0.2) is 0 Å². The topological polar surface area (TPSA) is 3.24 Å². The molecule has 0 saturated heterocycles. The Morgan fingerprint density at radius 3 is 1.83 bits per heavy atom. The molecule has 1 aliphatic rings. The molecule has 0 amide bonds. The highest BCUT2D eigenvalue weighted by atomic mass is 32.1. The molecular weight excluding hydrogens is 659 g/mol. The molecule has 0 radical (unpaired) electrons. The minimum atomic E-state index is -0.193. The van der Waals surface area contributed by atoms with Gasteiger partial charge in [-0.3, -0.25) is 0 Å². The Kier molecular flexibility index (Phi) is 7.42. The molecule has 252 valence electrons. The van der Waals surface area contributed by atoms with E-state index in [1.165, 1.54) is 81.5 Å². The van der Waals surface area contributed by atoms with E-state index in [2.05, 4.69) is 207 Å². The van der Waals surface area contributed by atoms with E-state index in [1.807, 2.05) is 11.3 Å². The predicted octanol–water partition coefficient (Wildman–Crippen LogP) is 14.8. The Labute approximate surface area is 315 Å². The summed E-state index contributed by atoms with van der Waals surface area (Å²) < 4.78 is 2.63. The lowest BCUT2D eigenvalue weighted by Gasteiger charge is -2.30. The van der Waals surface area contributed by atoms with Gasteiger partial charge < -0.3 is 4.90 Å². The summed E-state index contributed by atoms with van der Waals surface area (Å²) >= 11 is 1.87. The Morgan fingerprint density at radius 2 is 1.02 bits per heavy atom. The zero-order chi connectivity index (χ0) is 35.5. The van der Waals surface area contributed by atoms with Gasteiger partial charge in [0.05, 0.1) is 11.4 Å². The van der Waals surface area contributed by atoms with Gasteiger partial charge in [0, 0.05) is 42.4 Å². The lowest BCUT2D eigenvalue weighted by molar-refractivity contribution is 0.660. The highest BCUT2D eigenvalue weighted by molar-refractivity contribution is 7.25. The second-order valence-corrected chi connectivity index (χ2v) is 15.5. The smallest absolute Gasteiger partial charge is 0.0543 e. The van der Waals surface area contributed by atoms with Crippen molar-refractivity contribution >= 4 is 48.6 Å². The standard InChI is InChI=1S/C51H37NS/c1-51(2)43-26-16-28-46(50(43)41-32-31-35(33-44(41)51)38-22-10-9-21-37(38)34-17-5-3-6-18-34)52(36-19-7-4-8-20-36)45-27-13-11-23-39(45)40-25-15-30-48-49(40)42-24-12-14-29-47(42)53-48/h3-33H,1-2H3. The molecule has 1 aromatic heterocycles. The van der Waals surface area contributed by atoms with Crippen molar-refractivity contribution in [3.05, 3.63) is 199 Å². The molecule has 53 heavy (non-hydrogen) atoms. The second kappa shape index (κ2) is 12.5. The number of benzene rings is 8. The number of thiophene rings is 1. The monoisotopic (exact) mass is 695 g/mol. The molecule has 0 N–H and O–H groups in total. The first-order chi connectivity index (χ1) is 26.1. The zero-order valence-electron chi connectivity index (χ0n) is 29.8. The van der Waals surface area contributed by atoms with E-state index in [-0.39, 0.29) is 5.41 Å². The molecule has 1 nitrogen and oxygen atoms in total. The summed E-state index contributed by atoms with van der Waals surface area (Å²) in [5.41, 5.74) is 16.0. The van der Waals surface area contributed by atoms with Crippen LogP contribution in [0.25, 0.3) is 64.7 Å². The van der Waals surface area contributed by atoms with E-state index in [9.17, 15) is 0 Å². The Bertz CT molecular complexity index is 2810. The third-order valence-corrected chi connectivity index (χ3v) is 12.2. The van der Waals surface area contributed by atoms with Crippen molar-refractivity contribution < 1.29 is 0 Å². The molecule has 0 aliphatic heterocycles. The van der Waals surface area contributed by atoms with Crippen LogP contribution in [-0.2, 0) is 5.41 Å². The Balaban J connectivity index is 1.19. The molecule has 0 atom stereocenters. The number of nitrogens with zero attached hydrogens (tertiary/aromatic N) is 1. The van der Waals surface area contributed by atoms with E-state index in [0.29, 0.717) is 0 Å². The van der Waals surface area contributed by atoms with E-state index in [4.69, 9.17) is 0 Å². The normalized spacial score (nSPS) is 12.9. The maximum Gasteiger partial charge on any atom is 0.0543 e. The summed E-state index contributed by atoms with van der Waals surface area (Å²) in [6.45, 7) is 4.77. The SMILES string of the molecule is CC1(C)c2cc(-c3ccccc3-c3ccccc3)ccc2-c2c(N(c3ccccc3)c3ccccc3-c3cccc4sc5ccccc5c34)cccc21. The molecule has 10 rings (SSSR count). The highest BCUT2D eigenvalue weighted by Crippen LogP contribution is 2.56. The van der Waals surface area contributed by atoms with E-state index in [1.54, 1.807) is 0 Å². The summed E-state index contributed by atoms with van der Waals surface area (Å²) in [4.78, 5) is 2.49. The first-order valence-corrected chi connectivity index (χ1v) is 19.2. The number of fused-ring (bicyclic) bond motifs is 6. The molecule has 1 heterocycles. The fourth-order valence-corrected chi connectivity index (χ4v) is 9.74. The van der Waals surface area contributed by atoms with Gasteiger partial charge in [-0.05, 0) is 87.0 Å². The van der Waals surface area contributed by atoms with E-state index >= 15 is 0 Å². The first kappa shape index (κ1) is 31.5. The molecule has 0 fully saturated rings. The Morgan fingerprint density at radius 1 is 0.415 bits per heavy atom. The molecule has 1 aliphatic carbocycles. The summed E-state index contributed by atoms with van der Waals surface area (Å²) in [6, 6.07) is 69.0. The zero-order valence-corrected chi connectivity index (χ0v) is 30.6. The van der Waals surface area contributed by atoms with Crippen LogP contribution in [-0.4, -0.2) is 0 Å². The van der Waals surface area contributed by atoms with Crippen LogP contribution < -0.4 is 4.90 Å². The van der Waals surface area contributed by atoms with Crippen molar-refractivity contribution in [3.8, 4) is 44.5 Å². The molecule has 8 aromatic carbocycles. The lowest BCUT2D eigenvalue weighted by atomic mass is 9.81. The molecule has 9 aromatic rings. The molecule has 0 spiro atoms. The van der Waals surface area contributed by atoms with Gasteiger partial charge in [0.2, 0.25) is 0 Å². The summed E-state index contributed by atoms with van der Waals surface area (Å²) in [5, 5.41) is 2.63. The summed E-state index contributed by atoms with van der Waals surface area (Å²) in [7, 11) is 0. The quantitative estimate of drug-likeness (QED) is 0.167. The van der Waals surface area contributed by atoms with Crippen LogP contribution in [0.1, 0.15) is 25.0 Å². The second-order valence-electron chi connectivity index (χ2n) is 14.5. The van der Waals surface area contributed by atoms with Crippen LogP contribution in [0.2, 0.25) is 0 Å². The highest BCUT2D eigenvalue weighted by Gasteiger charge is 2.38. The molecule has 0 saturated carbocycles. The third-order valence-electron chi connectivity index (χ3n) is 11.1. The summed E-state index contributed by atoms with van der Waals surface area (Å²) in [5.74, 6) is 0. The summed E-state index contributed by atoms with van der Waals surface area (Å²) in [6.07, 6.45) is 0. The minimum Gasteiger partial charge on any atom is -0.309 e. The van der Waals surface area contributed by atoms with Crippen LogP contribution in [0.4, 0.5) is 17.1 Å². The van der Waals surface area contributed by atoms with Gasteiger partial charge in [-0.2, -0.15) is 0 Å². The third kappa shape index (κ3) is 5.05. The molecule has 2 heteroatoms. The van der Waals surface area contributed by atoms with Gasteiger partial charge in [0.1, 0.15) is 0 Å². The van der Waals surface area contributed by atoms with Gasteiger partial charge in [-0.1, -0.05) is 159 Å². The molecule has 0 bridgehead atoms. The molecule has 0 unspecified atom stereocenters. The van der Waals surface area contributed by atoms with Crippen molar-refractivity contribution in [2.75, 3.05) is 4.90 Å². The minimum absolute atomic E-state index is 0.193. The largest absolute Gasteiger partial charge is 0.309 e. The van der Waals surface area contributed by atoms with Crippen LogP contribution in [0.15, 0.2) is 188 Å². The van der Waals surface area contributed by atoms with Crippen LogP contribution >= 0.6 is 11.3 Å². The number of hydrogen-bond donors (Lipinski definition) is 0. The van der Waals surface area contributed by atoms with E-state index in [0.717, 1.165) is 11.4 Å². The maximum absolute atomic E-state index is 2.49. The average Bonchev–Trinajstić information content (AvgIpc) is 3.71. The van der Waals surface area contributed by atoms with Gasteiger partial charge in [-0.15, -0.1) is 11.3 Å². The number of rotatable bonds is 6. The van der Waals surface area contributed by atoms with Crippen molar-refractivity contribution in [1.29, 1.82) is 0 Å². The molecular formula is C51H37NS. The van der Waals surface area contributed by atoms with Crippen LogP contribution in [0.3, 0.4) is 0 Å². The van der Waals surface area contributed by atoms with Crippen molar-refractivity contribution in [3.63, 3.8) is 0 Å². The number of para-hydroxylation sites is 2. The van der Waals surface area contributed by atoms with Gasteiger partial charge >= 0.3 is 0 Å². The fraction of sp³-hybridized carbons (Fsp3) is 0.0588. The number of hydrogen-bond acceptors (Lipinski definition) is 2. The van der Waals surface area contributed by atoms with Crippen molar-refractivity contribution in [2.24, 2.45) is 0 Å². The van der Waals surface area contributed by atoms with Crippen LogP contribution in [0.5, 0.6) is 0 Å². The fourth-order valence-electron chi connectivity index (χ4n) is 8.61. The maximum atomic E-state index is 2.49.